The molecule has 0 radical (unpaired) electrons. The van der Waals surface area contributed by atoms with Crippen LogP contribution < -0.4 is 0 Å². The Hall–Kier alpha value is -0.780. The molecule has 0 fully saturated rings. The molecule has 0 aromatic carbocycles. The molecule has 0 saturated heterocycles. The van der Waals surface area contributed by atoms with Crippen LogP contribution in [-0.4, -0.2) is 41.2 Å². The number of halogens is 2. The summed E-state index contributed by atoms with van der Waals surface area (Å²) in [4.78, 5) is 20.0. The summed E-state index contributed by atoms with van der Waals surface area (Å²) < 4.78 is 8.94. The van der Waals surface area contributed by atoms with E-state index in [-0.39, 0.29) is 13.2 Å². The fourth-order valence-electron chi connectivity index (χ4n) is 0.527. The van der Waals surface area contributed by atoms with Gasteiger partial charge < -0.3 is 14.6 Å². The second-order valence-corrected chi connectivity index (χ2v) is 3.51. The van der Waals surface area contributed by atoms with Gasteiger partial charge in [0.2, 0.25) is 4.84 Å². The molecule has 1 N–H and O–H groups in total. The van der Waals surface area contributed by atoms with Crippen LogP contribution in [0.1, 0.15) is 0 Å². The van der Waals surface area contributed by atoms with E-state index in [0.29, 0.717) is 0 Å². The van der Waals surface area contributed by atoms with Gasteiger partial charge in [-0.15, -0.1) is 0 Å². The first kappa shape index (κ1) is 14.2. The molecule has 5 nitrogen and oxygen atoms in total. The number of ether oxygens (including phenoxy) is 2. The Morgan fingerprint density at radius 2 is 1.87 bits per heavy atom. The zero-order valence-corrected chi connectivity index (χ0v) is 9.20. The van der Waals surface area contributed by atoms with Crippen LogP contribution >= 0.6 is 23.2 Å². The van der Waals surface area contributed by atoms with Gasteiger partial charge in [-0.2, -0.15) is 0 Å². The van der Waals surface area contributed by atoms with Gasteiger partial charge in [0.05, 0.1) is 0 Å². The zero-order chi connectivity index (χ0) is 11.8. The second kappa shape index (κ2) is 7.50. The van der Waals surface area contributed by atoms with Crippen molar-refractivity contribution in [3.63, 3.8) is 0 Å². The average Bonchev–Trinajstić information content (AvgIpc) is 2.21. The van der Waals surface area contributed by atoms with E-state index in [1.165, 1.54) is 0 Å². The molecule has 0 aromatic heterocycles. The average molecular weight is 257 g/mol. The summed E-state index contributed by atoms with van der Waals surface area (Å²) in [6, 6.07) is 0. The van der Waals surface area contributed by atoms with Crippen molar-refractivity contribution in [3.05, 3.63) is 12.7 Å². The molecule has 0 bridgehead atoms. The van der Waals surface area contributed by atoms with Crippen LogP contribution in [0.4, 0.5) is 0 Å². The number of carbonyl (C=O) groups is 2. The van der Waals surface area contributed by atoms with Gasteiger partial charge in [0, 0.05) is 6.08 Å². The van der Waals surface area contributed by atoms with E-state index in [9.17, 15) is 9.59 Å². The number of aliphatic hydroxyl groups excluding tert-OH is 1. The van der Waals surface area contributed by atoms with Crippen LogP contribution in [0.5, 0.6) is 0 Å². The Morgan fingerprint density at radius 3 is 2.33 bits per heavy atom. The molecule has 0 spiro atoms. The summed E-state index contributed by atoms with van der Waals surface area (Å²) in [5, 5.41) is 9.15. The standard InChI is InChI=1S/C8H10Cl2O5/c1-2-6(12)14-3-5(11)4-15-8(13)7(9)10/h2,5,7,11H,1,3-4H2. The van der Waals surface area contributed by atoms with Crippen molar-refractivity contribution in [2.45, 2.75) is 10.9 Å². The van der Waals surface area contributed by atoms with E-state index in [0.717, 1.165) is 6.08 Å². The third-order valence-electron chi connectivity index (χ3n) is 1.18. The van der Waals surface area contributed by atoms with Crippen molar-refractivity contribution < 1.29 is 24.2 Å². The second-order valence-electron chi connectivity index (χ2n) is 2.42. The quantitative estimate of drug-likeness (QED) is 0.424. The van der Waals surface area contributed by atoms with Gasteiger partial charge in [0.15, 0.2) is 0 Å². The maximum absolute atomic E-state index is 10.7. The number of hydrogen-bond acceptors (Lipinski definition) is 5. The Labute approximate surface area is 96.6 Å². The minimum atomic E-state index is -1.30. The number of alkyl halides is 2. The maximum atomic E-state index is 10.7. The Balaban J connectivity index is 3.66. The number of hydrogen-bond donors (Lipinski definition) is 1. The molecule has 15 heavy (non-hydrogen) atoms. The van der Waals surface area contributed by atoms with Crippen molar-refractivity contribution in [1.82, 2.24) is 0 Å². The van der Waals surface area contributed by atoms with E-state index in [1.807, 2.05) is 0 Å². The SMILES string of the molecule is C=CC(=O)OCC(O)COC(=O)C(Cl)Cl. The monoisotopic (exact) mass is 256 g/mol. The molecule has 0 aliphatic rings. The summed E-state index contributed by atoms with van der Waals surface area (Å²) in [5.74, 6) is -1.54. The topological polar surface area (TPSA) is 72.8 Å². The number of rotatable bonds is 6. The Kier molecular flexibility index (Phi) is 7.11. The Bertz CT molecular complexity index is 241. The summed E-state index contributed by atoms with van der Waals surface area (Å²) in [5.41, 5.74) is 0. The van der Waals surface area contributed by atoms with Crippen LogP contribution in [-0.2, 0) is 19.1 Å². The molecule has 0 aliphatic carbocycles. The molecular formula is C8H10Cl2O5. The van der Waals surface area contributed by atoms with E-state index >= 15 is 0 Å². The fraction of sp³-hybridized carbons (Fsp3) is 0.500. The van der Waals surface area contributed by atoms with Crippen molar-refractivity contribution in [1.29, 1.82) is 0 Å². The van der Waals surface area contributed by atoms with Gasteiger partial charge in [0.25, 0.3) is 0 Å². The molecule has 7 heteroatoms. The lowest BCUT2D eigenvalue weighted by Crippen LogP contribution is -2.26. The smallest absolute Gasteiger partial charge is 0.339 e. The lowest BCUT2D eigenvalue weighted by molar-refractivity contribution is -0.148. The molecule has 0 saturated carbocycles. The van der Waals surface area contributed by atoms with Crippen molar-refractivity contribution >= 4 is 35.1 Å². The van der Waals surface area contributed by atoms with E-state index in [2.05, 4.69) is 16.1 Å². The highest BCUT2D eigenvalue weighted by molar-refractivity contribution is 6.52. The summed E-state index contributed by atoms with van der Waals surface area (Å²) in [6.45, 7) is 2.51. The first-order valence-electron chi connectivity index (χ1n) is 3.89. The molecule has 0 amide bonds. The zero-order valence-electron chi connectivity index (χ0n) is 7.69. The molecule has 0 heterocycles. The Morgan fingerprint density at radius 1 is 1.33 bits per heavy atom. The number of esters is 2. The van der Waals surface area contributed by atoms with Gasteiger partial charge in [-0.1, -0.05) is 29.8 Å². The first-order chi connectivity index (χ1) is 6.97. The number of carbonyl (C=O) groups excluding carboxylic acids is 2. The molecule has 1 atom stereocenters. The van der Waals surface area contributed by atoms with Gasteiger partial charge in [-0.05, 0) is 0 Å². The van der Waals surface area contributed by atoms with Gasteiger partial charge in [-0.3, -0.25) is 0 Å². The van der Waals surface area contributed by atoms with Gasteiger partial charge >= 0.3 is 11.9 Å². The van der Waals surface area contributed by atoms with Gasteiger partial charge in [0.1, 0.15) is 19.3 Å². The van der Waals surface area contributed by atoms with Crippen LogP contribution in [0.25, 0.3) is 0 Å². The molecule has 86 valence electrons. The number of aliphatic hydroxyl groups is 1. The van der Waals surface area contributed by atoms with Crippen LogP contribution in [0, 0.1) is 0 Å². The van der Waals surface area contributed by atoms with Crippen LogP contribution in [0.3, 0.4) is 0 Å². The predicted octanol–water partition coefficient (Wildman–Crippen LogP) is 0.423. The summed E-state index contributed by atoms with van der Waals surface area (Å²) in [6.07, 6.45) is -0.170. The predicted molar refractivity (Wildman–Crippen MR) is 53.6 cm³/mol. The molecular weight excluding hydrogens is 247 g/mol. The van der Waals surface area contributed by atoms with E-state index in [1.54, 1.807) is 0 Å². The van der Waals surface area contributed by atoms with Crippen LogP contribution in [0.15, 0.2) is 12.7 Å². The highest BCUT2D eigenvalue weighted by atomic mass is 35.5. The summed E-state index contributed by atoms with van der Waals surface area (Å²) in [7, 11) is 0. The van der Waals surface area contributed by atoms with Gasteiger partial charge in [-0.25, -0.2) is 9.59 Å². The summed E-state index contributed by atoms with van der Waals surface area (Å²) >= 11 is 10.3. The largest absolute Gasteiger partial charge is 0.461 e. The lowest BCUT2D eigenvalue weighted by atomic mass is 10.4. The third kappa shape index (κ3) is 7.18. The minimum Gasteiger partial charge on any atom is -0.461 e. The van der Waals surface area contributed by atoms with Crippen molar-refractivity contribution in [2.75, 3.05) is 13.2 Å². The lowest BCUT2D eigenvalue weighted by Gasteiger charge is -2.11. The fourth-order valence-corrected chi connectivity index (χ4v) is 0.653. The highest BCUT2D eigenvalue weighted by Gasteiger charge is 2.15. The van der Waals surface area contributed by atoms with Crippen molar-refractivity contribution in [2.24, 2.45) is 0 Å². The molecule has 1 unspecified atom stereocenters. The highest BCUT2D eigenvalue weighted by Crippen LogP contribution is 2.04. The maximum Gasteiger partial charge on any atom is 0.339 e. The first-order valence-corrected chi connectivity index (χ1v) is 4.76. The molecule has 0 aromatic rings. The third-order valence-corrected chi connectivity index (χ3v) is 1.54. The van der Waals surface area contributed by atoms with E-state index in [4.69, 9.17) is 28.3 Å². The van der Waals surface area contributed by atoms with Crippen LogP contribution in [0.2, 0.25) is 0 Å². The van der Waals surface area contributed by atoms with Crippen molar-refractivity contribution in [3.8, 4) is 0 Å². The van der Waals surface area contributed by atoms with E-state index < -0.39 is 22.9 Å². The normalized spacial score (nSPS) is 12.0. The molecule has 0 rings (SSSR count). The molecule has 0 aliphatic heterocycles. The minimum absolute atomic E-state index is 0.298.